The first-order valence-electron chi connectivity index (χ1n) is 6.53. The van der Waals surface area contributed by atoms with Crippen molar-refractivity contribution in [3.05, 3.63) is 24.1 Å². The number of nitrogens with two attached hydrogens (primary N) is 1. The maximum atomic E-state index is 5.88. The maximum absolute atomic E-state index is 5.88. The summed E-state index contributed by atoms with van der Waals surface area (Å²) >= 11 is 0. The van der Waals surface area contributed by atoms with Crippen molar-refractivity contribution >= 4 is 11.7 Å². The fourth-order valence-corrected chi connectivity index (χ4v) is 2.29. The molecule has 110 valence electrons. The first-order valence-corrected chi connectivity index (χ1v) is 6.53. The molecule has 3 heterocycles. The van der Waals surface area contributed by atoms with Crippen LogP contribution < -0.4 is 31.4 Å². The van der Waals surface area contributed by atoms with E-state index < -0.39 is 0 Å². The van der Waals surface area contributed by atoms with Crippen LogP contribution in [0.5, 0.6) is 11.5 Å². The molecule has 4 rings (SSSR count). The lowest BCUT2D eigenvalue weighted by Crippen LogP contribution is -2.38. The van der Waals surface area contributed by atoms with E-state index in [0.29, 0.717) is 24.2 Å². The summed E-state index contributed by atoms with van der Waals surface area (Å²) < 4.78 is 16.2. The lowest BCUT2D eigenvalue weighted by Gasteiger charge is -2.08. The number of anilines is 2. The van der Waals surface area contributed by atoms with Gasteiger partial charge in [-0.25, -0.2) is 5.43 Å². The average Bonchev–Trinajstić information content (AvgIpc) is 3.18. The van der Waals surface area contributed by atoms with Gasteiger partial charge in [0.2, 0.25) is 12.7 Å². The number of ether oxygens (including phenoxy) is 2. The minimum absolute atomic E-state index is 0.0511. The Morgan fingerprint density at radius 2 is 2.14 bits per heavy atom. The second-order valence-corrected chi connectivity index (χ2v) is 4.80. The molecule has 0 spiro atoms. The van der Waals surface area contributed by atoms with E-state index >= 15 is 0 Å². The smallest absolute Gasteiger partial charge is 0.320 e. The molecule has 0 aliphatic carbocycles. The van der Waals surface area contributed by atoms with Crippen LogP contribution in [0.2, 0.25) is 0 Å². The molecule has 1 fully saturated rings. The van der Waals surface area contributed by atoms with E-state index in [1.165, 1.54) is 0 Å². The summed E-state index contributed by atoms with van der Waals surface area (Å²) in [6.07, 6.45) is -0.246. The monoisotopic (exact) mass is 290 g/mol. The Balaban J connectivity index is 1.51. The molecule has 0 saturated carbocycles. The number of hydrogen-bond acceptors (Lipinski definition) is 9. The third-order valence-corrected chi connectivity index (χ3v) is 3.41. The van der Waals surface area contributed by atoms with Crippen molar-refractivity contribution in [3.8, 4) is 11.5 Å². The molecule has 2 atom stereocenters. The summed E-state index contributed by atoms with van der Waals surface area (Å²) in [7, 11) is 0. The molecule has 2 aliphatic rings. The van der Waals surface area contributed by atoms with E-state index in [4.69, 9.17) is 19.6 Å². The summed E-state index contributed by atoms with van der Waals surface area (Å²) in [5, 5.41) is 11.0. The largest absolute Gasteiger partial charge is 0.454 e. The second kappa shape index (κ2) is 4.88. The van der Waals surface area contributed by atoms with Gasteiger partial charge in [0.1, 0.15) is 0 Å². The minimum atomic E-state index is -0.246. The Kier molecular flexibility index (Phi) is 2.88. The molecule has 2 aromatic rings. The molecule has 21 heavy (non-hydrogen) atoms. The fourth-order valence-electron chi connectivity index (χ4n) is 2.29. The molecule has 1 aromatic heterocycles. The van der Waals surface area contributed by atoms with Crippen molar-refractivity contribution in [3.63, 3.8) is 0 Å². The quantitative estimate of drug-likeness (QED) is 0.620. The number of hydrazine groups is 1. The summed E-state index contributed by atoms with van der Waals surface area (Å²) in [6.45, 7) is 0.885. The van der Waals surface area contributed by atoms with Gasteiger partial charge in [-0.3, -0.25) is 5.43 Å². The van der Waals surface area contributed by atoms with Crippen molar-refractivity contribution in [2.75, 3.05) is 18.7 Å². The van der Waals surface area contributed by atoms with Crippen LogP contribution in [-0.2, 0) is 0 Å². The maximum Gasteiger partial charge on any atom is 0.320 e. The molecular weight excluding hydrogens is 276 g/mol. The number of fused-ring (bicyclic) bond motifs is 1. The third-order valence-electron chi connectivity index (χ3n) is 3.41. The Morgan fingerprint density at radius 3 is 3.00 bits per heavy atom. The zero-order valence-electron chi connectivity index (χ0n) is 11.0. The Hall–Kier alpha value is -2.36. The zero-order chi connectivity index (χ0) is 14.2. The Morgan fingerprint density at radius 1 is 1.24 bits per heavy atom. The SMILES string of the molecule is NC1NNCC1c1nnc(Nc2ccc3c(c2)OCO3)o1. The standard InChI is InChI=1S/C12H14N6O3/c13-10-7(4-14-16-10)11-17-18-12(21-11)15-6-1-2-8-9(3-6)20-5-19-8/h1-3,7,10,14,16H,4-5,13H2,(H,15,18). The van der Waals surface area contributed by atoms with Gasteiger partial charge in [-0.1, -0.05) is 5.10 Å². The minimum Gasteiger partial charge on any atom is -0.454 e. The summed E-state index contributed by atoms with van der Waals surface area (Å²) in [5.41, 5.74) is 12.5. The van der Waals surface area contributed by atoms with Gasteiger partial charge in [0.05, 0.1) is 12.1 Å². The normalized spacial score (nSPS) is 23.5. The third kappa shape index (κ3) is 2.27. The molecule has 1 saturated heterocycles. The van der Waals surface area contributed by atoms with Crippen LogP contribution in [-0.4, -0.2) is 29.7 Å². The second-order valence-electron chi connectivity index (χ2n) is 4.80. The molecule has 2 unspecified atom stereocenters. The zero-order valence-corrected chi connectivity index (χ0v) is 11.0. The highest BCUT2D eigenvalue weighted by molar-refractivity contribution is 5.59. The van der Waals surface area contributed by atoms with Crippen LogP contribution in [0.3, 0.4) is 0 Å². The van der Waals surface area contributed by atoms with Gasteiger partial charge in [-0.15, -0.1) is 5.10 Å². The van der Waals surface area contributed by atoms with Gasteiger partial charge in [0, 0.05) is 18.3 Å². The molecular formula is C12H14N6O3. The van der Waals surface area contributed by atoms with Crippen molar-refractivity contribution in [1.82, 2.24) is 21.0 Å². The van der Waals surface area contributed by atoms with E-state index in [1.807, 2.05) is 18.2 Å². The lowest BCUT2D eigenvalue weighted by atomic mass is 10.1. The number of hydrogen-bond donors (Lipinski definition) is 4. The number of rotatable bonds is 3. The highest BCUT2D eigenvalue weighted by Crippen LogP contribution is 2.35. The van der Waals surface area contributed by atoms with Crippen molar-refractivity contribution in [2.24, 2.45) is 5.73 Å². The predicted molar refractivity (Wildman–Crippen MR) is 72.0 cm³/mol. The van der Waals surface area contributed by atoms with Gasteiger partial charge in [-0.05, 0) is 12.1 Å². The van der Waals surface area contributed by atoms with E-state index in [-0.39, 0.29) is 18.9 Å². The van der Waals surface area contributed by atoms with E-state index in [0.717, 1.165) is 11.4 Å². The van der Waals surface area contributed by atoms with Gasteiger partial charge >= 0.3 is 6.01 Å². The number of nitrogens with zero attached hydrogens (tertiary/aromatic N) is 2. The van der Waals surface area contributed by atoms with Crippen LogP contribution in [0.25, 0.3) is 0 Å². The molecule has 9 heteroatoms. The van der Waals surface area contributed by atoms with Crippen LogP contribution in [0.15, 0.2) is 22.6 Å². The van der Waals surface area contributed by atoms with E-state index in [1.54, 1.807) is 0 Å². The summed E-state index contributed by atoms with van der Waals surface area (Å²) in [5.74, 6) is 1.85. The van der Waals surface area contributed by atoms with Gasteiger partial charge in [0.15, 0.2) is 11.5 Å². The van der Waals surface area contributed by atoms with Crippen molar-refractivity contribution < 1.29 is 13.9 Å². The van der Waals surface area contributed by atoms with Gasteiger partial charge < -0.3 is 24.9 Å². The average molecular weight is 290 g/mol. The Bertz CT molecular complexity index is 660. The lowest BCUT2D eigenvalue weighted by molar-refractivity contribution is 0.174. The van der Waals surface area contributed by atoms with E-state index in [2.05, 4.69) is 26.4 Å². The topological polar surface area (TPSA) is 119 Å². The number of nitrogens with one attached hydrogen (secondary N) is 3. The molecule has 5 N–H and O–H groups in total. The summed E-state index contributed by atoms with van der Waals surface area (Å²) in [6, 6.07) is 5.80. The van der Waals surface area contributed by atoms with Crippen LogP contribution in [0, 0.1) is 0 Å². The van der Waals surface area contributed by atoms with Crippen molar-refractivity contribution in [1.29, 1.82) is 0 Å². The van der Waals surface area contributed by atoms with Crippen LogP contribution in [0.1, 0.15) is 11.8 Å². The van der Waals surface area contributed by atoms with E-state index in [9.17, 15) is 0 Å². The molecule has 1 aromatic carbocycles. The number of aromatic nitrogens is 2. The predicted octanol–water partition coefficient (Wildman–Crippen LogP) is 0.0181. The summed E-state index contributed by atoms with van der Waals surface area (Å²) in [4.78, 5) is 0. The molecule has 2 aliphatic heterocycles. The van der Waals surface area contributed by atoms with Crippen LogP contribution in [0.4, 0.5) is 11.7 Å². The van der Waals surface area contributed by atoms with Gasteiger partial charge in [0.25, 0.3) is 0 Å². The molecule has 0 radical (unpaired) electrons. The first-order chi connectivity index (χ1) is 10.3. The molecule has 0 amide bonds. The molecule has 9 nitrogen and oxygen atoms in total. The fraction of sp³-hybridized carbons (Fsp3) is 0.333. The van der Waals surface area contributed by atoms with Crippen molar-refractivity contribution in [2.45, 2.75) is 12.1 Å². The first kappa shape index (κ1) is 12.4. The Labute approximate surface area is 119 Å². The highest BCUT2D eigenvalue weighted by atomic mass is 16.7. The number of benzene rings is 1. The highest BCUT2D eigenvalue weighted by Gasteiger charge is 2.30. The van der Waals surface area contributed by atoms with Crippen LogP contribution >= 0.6 is 0 Å². The molecule has 0 bridgehead atoms. The van der Waals surface area contributed by atoms with Gasteiger partial charge in [-0.2, -0.15) is 0 Å².